The first-order valence-electron chi connectivity index (χ1n) is 7.37. The highest BCUT2D eigenvalue weighted by Gasteiger charge is 2.33. The second-order valence-corrected chi connectivity index (χ2v) is 7.58. The number of carbonyl (C=O) groups excluding carboxylic acids is 1. The molecule has 0 saturated carbocycles. The summed E-state index contributed by atoms with van der Waals surface area (Å²) in [7, 11) is 0. The number of ether oxygens (including phenoxy) is 1. The molecule has 21 heavy (non-hydrogen) atoms. The molecule has 1 amide bonds. The molecule has 0 radical (unpaired) electrons. The number of thiazole rings is 1. The summed E-state index contributed by atoms with van der Waals surface area (Å²) in [5, 5.41) is 5.64. The molecule has 5 nitrogen and oxygen atoms in total. The summed E-state index contributed by atoms with van der Waals surface area (Å²) in [4.78, 5) is 18.1. The molecule has 0 aromatic carbocycles. The van der Waals surface area contributed by atoms with E-state index in [1.54, 1.807) is 16.2 Å². The number of likely N-dealkylation sites (tertiary alicyclic amines) is 1. The van der Waals surface area contributed by atoms with Gasteiger partial charge in [-0.3, -0.25) is 0 Å². The van der Waals surface area contributed by atoms with Crippen LogP contribution < -0.4 is 5.32 Å². The van der Waals surface area contributed by atoms with Crippen LogP contribution in [0.3, 0.4) is 0 Å². The van der Waals surface area contributed by atoms with Crippen LogP contribution >= 0.6 is 11.3 Å². The van der Waals surface area contributed by atoms with E-state index in [1.165, 1.54) is 0 Å². The highest BCUT2D eigenvalue weighted by molar-refractivity contribution is 7.07. The lowest BCUT2D eigenvalue weighted by molar-refractivity contribution is 0.0156. The van der Waals surface area contributed by atoms with Crippen LogP contribution in [0, 0.1) is 0 Å². The topological polar surface area (TPSA) is 54.5 Å². The standard InChI is InChI=1S/C15H25N3O2S/c1-14(2,3)20-13(19)18-7-5-15(4,6-8-18)17-9-12-10-21-11-16-12/h10-11,17H,5-9H2,1-4H3. The Bertz CT molecular complexity index is 460. The molecule has 2 heterocycles. The van der Waals surface area contributed by atoms with Crippen molar-refractivity contribution < 1.29 is 9.53 Å². The van der Waals surface area contributed by atoms with E-state index < -0.39 is 5.60 Å². The maximum absolute atomic E-state index is 12.0. The normalized spacial score (nSPS) is 18.6. The molecule has 0 atom stereocenters. The molecule has 1 aliphatic heterocycles. The Morgan fingerprint density at radius 2 is 2.14 bits per heavy atom. The first kappa shape index (κ1) is 16.2. The third-order valence-electron chi connectivity index (χ3n) is 3.70. The summed E-state index contributed by atoms with van der Waals surface area (Å²) in [5.74, 6) is 0. The summed E-state index contributed by atoms with van der Waals surface area (Å²) in [6.45, 7) is 10.2. The van der Waals surface area contributed by atoms with Gasteiger partial charge in [-0.15, -0.1) is 11.3 Å². The van der Waals surface area contributed by atoms with Crippen molar-refractivity contribution in [2.45, 2.75) is 58.2 Å². The lowest BCUT2D eigenvalue weighted by Gasteiger charge is -2.40. The average Bonchev–Trinajstić information content (AvgIpc) is 2.88. The van der Waals surface area contributed by atoms with Crippen LogP contribution in [-0.4, -0.2) is 40.2 Å². The van der Waals surface area contributed by atoms with Gasteiger partial charge in [-0.25, -0.2) is 9.78 Å². The number of amides is 1. The van der Waals surface area contributed by atoms with E-state index in [9.17, 15) is 4.79 Å². The molecule has 1 aliphatic rings. The van der Waals surface area contributed by atoms with Gasteiger partial charge in [0.25, 0.3) is 0 Å². The number of rotatable bonds is 3. The van der Waals surface area contributed by atoms with Crippen LogP contribution in [0.5, 0.6) is 0 Å². The number of hydrogen-bond acceptors (Lipinski definition) is 5. The number of nitrogens with one attached hydrogen (secondary N) is 1. The minimum absolute atomic E-state index is 0.0577. The van der Waals surface area contributed by atoms with Crippen LogP contribution in [0.2, 0.25) is 0 Å². The van der Waals surface area contributed by atoms with Crippen molar-refractivity contribution in [3.8, 4) is 0 Å². The van der Waals surface area contributed by atoms with Gasteiger partial charge in [0.05, 0.1) is 11.2 Å². The maximum Gasteiger partial charge on any atom is 0.410 e. The quantitative estimate of drug-likeness (QED) is 0.932. The highest BCUT2D eigenvalue weighted by atomic mass is 32.1. The van der Waals surface area contributed by atoms with Gasteiger partial charge in [-0.1, -0.05) is 0 Å². The summed E-state index contributed by atoms with van der Waals surface area (Å²) in [6, 6.07) is 0. The van der Waals surface area contributed by atoms with Crippen molar-refractivity contribution in [1.29, 1.82) is 0 Å². The molecule has 1 aromatic rings. The van der Waals surface area contributed by atoms with Crippen molar-refractivity contribution in [2.75, 3.05) is 13.1 Å². The van der Waals surface area contributed by atoms with Crippen LogP contribution in [0.25, 0.3) is 0 Å². The summed E-state index contributed by atoms with van der Waals surface area (Å²) in [5.41, 5.74) is 2.56. The van der Waals surface area contributed by atoms with Crippen LogP contribution in [0.4, 0.5) is 4.79 Å². The van der Waals surface area contributed by atoms with Gasteiger partial charge < -0.3 is 15.0 Å². The van der Waals surface area contributed by atoms with Gasteiger partial charge in [0.15, 0.2) is 0 Å². The Labute approximate surface area is 130 Å². The zero-order chi connectivity index (χ0) is 15.5. The van der Waals surface area contributed by atoms with Gasteiger partial charge in [0, 0.05) is 30.6 Å². The largest absolute Gasteiger partial charge is 0.444 e. The van der Waals surface area contributed by atoms with Gasteiger partial charge in [0.1, 0.15) is 5.60 Å². The predicted octanol–water partition coefficient (Wildman–Crippen LogP) is 3.02. The van der Waals surface area contributed by atoms with Crippen LogP contribution in [0.1, 0.15) is 46.2 Å². The summed E-state index contributed by atoms with van der Waals surface area (Å²) in [6.07, 6.45) is 1.65. The second kappa shape index (κ2) is 6.32. The smallest absolute Gasteiger partial charge is 0.410 e. The molecule has 0 aliphatic carbocycles. The minimum atomic E-state index is -0.430. The number of piperidine rings is 1. The molecule has 6 heteroatoms. The first-order chi connectivity index (χ1) is 9.77. The fraction of sp³-hybridized carbons (Fsp3) is 0.733. The SMILES string of the molecule is CC1(NCc2cscn2)CCN(C(=O)OC(C)(C)C)CC1. The number of hydrogen-bond donors (Lipinski definition) is 1. The highest BCUT2D eigenvalue weighted by Crippen LogP contribution is 2.23. The maximum atomic E-state index is 12.0. The van der Waals surface area contributed by atoms with Crippen molar-refractivity contribution in [3.05, 3.63) is 16.6 Å². The van der Waals surface area contributed by atoms with E-state index in [0.717, 1.165) is 38.2 Å². The Morgan fingerprint density at radius 1 is 1.48 bits per heavy atom. The molecule has 0 spiro atoms. The van der Waals surface area contributed by atoms with Gasteiger partial charge in [0.2, 0.25) is 0 Å². The van der Waals surface area contributed by atoms with E-state index in [-0.39, 0.29) is 11.6 Å². The van der Waals surface area contributed by atoms with Crippen molar-refractivity contribution in [3.63, 3.8) is 0 Å². The Balaban J connectivity index is 1.80. The van der Waals surface area contributed by atoms with Crippen molar-refractivity contribution >= 4 is 17.4 Å². The second-order valence-electron chi connectivity index (χ2n) is 6.86. The fourth-order valence-corrected chi connectivity index (χ4v) is 2.87. The van der Waals surface area contributed by atoms with Crippen LogP contribution in [-0.2, 0) is 11.3 Å². The monoisotopic (exact) mass is 311 g/mol. The Morgan fingerprint density at radius 3 is 2.67 bits per heavy atom. The van der Waals surface area contributed by atoms with Gasteiger partial charge in [-0.05, 0) is 40.5 Å². The summed E-state index contributed by atoms with van der Waals surface area (Å²) >= 11 is 1.61. The van der Waals surface area contributed by atoms with Crippen molar-refractivity contribution in [1.82, 2.24) is 15.2 Å². The number of carbonyl (C=O) groups is 1. The number of aromatic nitrogens is 1. The van der Waals surface area contributed by atoms with E-state index in [0.29, 0.717) is 0 Å². The molecule has 1 N–H and O–H groups in total. The molecule has 0 unspecified atom stereocenters. The van der Waals surface area contributed by atoms with Crippen LogP contribution in [0.15, 0.2) is 10.9 Å². The van der Waals surface area contributed by atoms with E-state index in [4.69, 9.17) is 4.74 Å². The minimum Gasteiger partial charge on any atom is -0.444 e. The van der Waals surface area contributed by atoms with Crippen molar-refractivity contribution in [2.24, 2.45) is 0 Å². The average molecular weight is 311 g/mol. The van der Waals surface area contributed by atoms with E-state index >= 15 is 0 Å². The predicted molar refractivity (Wildman–Crippen MR) is 84.4 cm³/mol. The molecule has 1 fully saturated rings. The molecular weight excluding hydrogens is 286 g/mol. The van der Waals surface area contributed by atoms with Gasteiger partial charge >= 0.3 is 6.09 Å². The molecule has 118 valence electrons. The third-order valence-corrected chi connectivity index (χ3v) is 4.33. The zero-order valence-corrected chi connectivity index (χ0v) is 14.1. The molecule has 1 saturated heterocycles. The summed E-state index contributed by atoms with van der Waals surface area (Å²) < 4.78 is 5.42. The Hall–Kier alpha value is -1.14. The fourth-order valence-electron chi connectivity index (χ4n) is 2.31. The first-order valence-corrected chi connectivity index (χ1v) is 8.32. The molecule has 2 rings (SSSR count). The van der Waals surface area contributed by atoms with E-state index in [2.05, 4.69) is 22.6 Å². The molecule has 0 bridgehead atoms. The Kier molecular flexibility index (Phi) is 4.88. The lowest BCUT2D eigenvalue weighted by atomic mass is 9.89. The lowest BCUT2D eigenvalue weighted by Crippen LogP contribution is -2.53. The number of nitrogens with zero attached hydrogens (tertiary/aromatic N) is 2. The molecular formula is C15H25N3O2S. The van der Waals surface area contributed by atoms with E-state index in [1.807, 2.05) is 26.3 Å². The third kappa shape index (κ3) is 4.97. The molecule has 1 aromatic heterocycles. The van der Waals surface area contributed by atoms with Gasteiger partial charge in [-0.2, -0.15) is 0 Å². The zero-order valence-electron chi connectivity index (χ0n) is 13.3.